The first-order chi connectivity index (χ1) is 12.1. The van der Waals surface area contributed by atoms with Crippen LogP contribution in [0.15, 0.2) is 30.3 Å². The molecule has 0 aromatic heterocycles. The highest BCUT2D eigenvalue weighted by Crippen LogP contribution is 2.12. The fourth-order valence-electron chi connectivity index (χ4n) is 3.02. The predicted molar refractivity (Wildman–Crippen MR) is 99.1 cm³/mol. The van der Waals surface area contributed by atoms with Crippen LogP contribution in [0, 0.1) is 5.92 Å². The van der Waals surface area contributed by atoms with Crippen molar-refractivity contribution in [1.82, 2.24) is 20.9 Å². The van der Waals surface area contributed by atoms with Gasteiger partial charge in [0.1, 0.15) is 0 Å². The zero-order chi connectivity index (χ0) is 17.9. The molecule has 0 aliphatic carbocycles. The predicted octanol–water partition coefficient (Wildman–Crippen LogP) is 1.72. The summed E-state index contributed by atoms with van der Waals surface area (Å²) in [7, 11) is 1.75. The molecule has 1 aliphatic rings. The van der Waals surface area contributed by atoms with Gasteiger partial charge in [0.2, 0.25) is 5.91 Å². The zero-order valence-corrected chi connectivity index (χ0v) is 15.1. The minimum absolute atomic E-state index is 0.00483. The van der Waals surface area contributed by atoms with Gasteiger partial charge >= 0.3 is 6.03 Å². The van der Waals surface area contributed by atoms with E-state index in [1.54, 1.807) is 11.9 Å². The van der Waals surface area contributed by atoms with Gasteiger partial charge in [-0.15, -0.1) is 0 Å². The van der Waals surface area contributed by atoms with Crippen LogP contribution in [0.2, 0.25) is 0 Å². The Morgan fingerprint density at radius 2 is 2.00 bits per heavy atom. The lowest BCUT2D eigenvalue weighted by Crippen LogP contribution is -2.39. The number of amides is 3. The van der Waals surface area contributed by atoms with E-state index in [9.17, 15) is 9.59 Å². The summed E-state index contributed by atoms with van der Waals surface area (Å²) >= 11 is 0. The molecule has 1 unspecified atom stereocenters. The van der Waals surface area contributed by atoms with Crippen LogP contribution in [-0.4, -0.2) is 50.1 Å². The highest BCUT2D eigenvalue weighted by molar-refractivity contribution is 5.78. The van der Waals surface area contributed by atoms with E-state index in [-0.39, 0.29) is 11.9 Å². The van der Waals surface area contributed by atoms with Crippen molar-refractivity contribution in [1.29, 1.82) is 0 Å². The van der Waals surface area contributed by atoms with Gasteiger partial charge in [-0.3, -0.25) is 4.79 Å². The number of piperidine rings is 1. The smallest absolute Gasteiger partial charge is 0.317 e. The maximum Gasteiger partial charge on any atom is 0.317 e. The molecule has 2 rings (SSSR count). The van der Waals surface area contributed by atoms with Gasteiger partial charge in [0.15, 0.2) is 0 Å². The summed E-state index contributed by atoms with van der Waals surface area (Å²) in [6.07, 6.45) is 3.80. The fourth-order valence-corrected chi connectivity index (χ4v) is 3.02. The topological polar surface area (TPSA) is 73.5 Å². The van der Waals surface area contributed by atoms with Crippen LogP contribution in [0.5, 0.6) is 0 Å². The second-order valence-electron chi connectivity index (χ2n) is 6.67. The molecule has 1 aliphatic heterocycles. The molecule has 1 saturated heterocycles. The van der Waals surface area contributed by atoms with Crippen LogP contribution < -0.4 is 16.0 Å². The van der Waals surface area contributed by atoms with E-state index in [0.717, 1.165) is 25.1 Å². The molecule has 3 amide bonds. The molecule has 1 fully saturated rings. The molecule has 1 aromatic rings. The molecule has 25 heavy (non-hydrogen) atoms. The Morgan fingerprint density at radius 3 is 2.72 bits per heavy atom. The van der Waals surface area contributed by atoms with Crippen LogP contribution in [0.4, 0.5) is 4.79 Å². The van der Waals surface area contributed by atoms with E-state index in [1.807, 2.05) is 30.3 Å². The molecule has 0 bridgehead atoms. The summed E-state index contributed by atoms with van der Waals surface area (Å²) in [6, 6.07) is 9.67. The highest BCUT2D eigenvalue weighted by atomic mass is 16.2. The zero-order valence-electron chi connectivity index (χ0n) is 15.1. The number of carbonyl (C=O) groups excluding carboxylic acids is 2. The molecule has 6 nitrogen and oxygen atoms in total. The molecule has 1 atom stereocenters. The van der Waals surface area contributed by atoms with Crippen LogP contribution in [0.1, 0.15) is 31.2 Å². The molecular weight excluding hydrogens is 316 g/mol. The van der Waals surface area contributed by atoms with Crippen molar-refractivity contribution in [2.24, 2.45) is 5.92 Å². The number of rotatable bonds is 8. The molecule has 138 valence electrons. The summed E-state index contributed by atoms with van der Waals surface area (Å²) < 4.78 is 0. The van der Waals surface area contributed by atoms with Crippen LogP contribution in [-0.2, 0) is 11.3 Å². The van der Waals surface area contributed by atoms with Crippen molar-refractivity contribution in [3.63, 3.8) is 0 Å². The van der Waals surface area contributed by atoms with Crippen molar-refractivity contribution in [3.05, 3.63) is 35.9 Å². The van der Waals surface area contributed by atoms with Crippen molar-refractivity contribution < 1.29 is 9.59 Å². The van der Waals surface area contributed by atoms with Gasteiger partial charge in [0.05, 0.1) is 0 Å². The van der Waals surface area contributed by atoms with E-state index in [0.29, 0.717) is 32.0 Å². The van der Waals surface area contributed by atoms with Gasteiger partial charge in [-0.05, 0) is 43.8 Å². The molecule has 6 heteroatoms. The van der Waals surface area contributed by atoms with Gasteiger partial charge in [-0.2, -0.15) is 0 Å². The van der Waals surface area contributed by atoms with Gasteiger partial charge in [0.25, 0.3) is 0 Å². The number of hydrogen-bond acceptors (Lipinski definition) is 3. The SMILES string of the molecule is CN(Cc1ccccc1)C(=O)NCCC(=O)NCCC1CCCNC1. The first-order valence-electron chi connectivity index (χ1n) is 9.15. The standard InChI is InChI=1S/C19H30N4O2/c1-23(15-17-6-3-2-4-7-17)19(25)22-13-10-18(24)21-12-9-16-8-5-11-20-14-16/h2-4,6-7,16,20H,5,8-15H2,1H3,(H,21,24)(H,22,25). The lowest BCUT2D eigenvalue weighted by Gasteiger charge is -2.22. The van der Waals surface area contributed by atoms with Crippen molar-refractivity contribution in [2.75, 3.05) is 33.2 Å². The molecule has 3 N–H and O–H groups in total. The average Bonchev–Trinajstić information content (AvgIpc) is 2.63. The Bertz CT molecular complexity index is 529. The minimum Gasteiger partial charge on any atom is -0.356 e. The molecule has 1 heterocycles. The maximum atomic E-state index is 12.0. The Balaban J connectivity index is 1.54. The van der Waals surface area contributed by atoms with Crippen molar-refractivity contribution in [3.8, 4) is 0 Å². The lowest BCUT2D eigenvalue weighted by atomic mass is 9.96. The summed E-state index contributed by atoms with van der Waals surface area (Å²) in [6.45, 7) is 3.79. The van der Waals surface area contributed by atoms with E-state index in [4.69, 9.17) is 0 Å². The normalized spacial score (nSPS) is 16.9. The first kappa shape index (κ1) is 19.2. The fraction of sp³-hybridized carbons (Fsp3) is 0.579. The summed E-state index contributed by atoms with van der Waals surface area (Å²) in [4.78, 5) is 25.5. The van der Waals surface area contributed by atoms with Gasteiger partial charge < -0.3 is 20.9 Å². The number of hydrogen-bond donors (Lipinski definition) is 3. The Labute approximate surface area is 150 Å². The number of nitrogens with zero attached hydrogens (tertiary/aromatic N) is 1. The Kier molecular flexibility index (Phi) is 8.25. The minimum atomic E-state index is -0.162. The summed E-state index contributed by atoms with van der Waals surface area (Å²) in [5.41, 5.74) is 1.08. The summed E-state index contributed by atoms with van der Waals surface area (Å²) in [5.74, 6) is 0.662. The quantitative estimate of drug-likeness (QED) is 0.671. The monoisotopic (exact) mass is 346 g/mol. The molecule has 1 aromatic carbocycles. The highest BCUT2D eigenvalue weighted by Gasteiger charge is 2.13. The second kappa shape index (κ2) is 10.7. The van der Waals surface area contributed by atoms with Crippen molar-refractivity contribution in [2.45, 2.75) is 32.2 Å². The Hall–Kier alpha value is -2.08. The number of benzene rings is 1. The van der Waals surface area contributed by atoms with Crippen LogP contribution in [0.25, 0.3) is 0 Å². The van der Waals surface area contributed by atoms with Crippen LogP contribution in [0.3, 0.4) is 0 Å². The third-order valence-electron chi connectivity index (χ3n) is 4.51. The molecule has 0 saturated carbocycles. The van der Waals surface area contributed by atoms with Gasteiger partial charge in [-0.25, -0.2) is 4.79 Å². The van der Waals surface area contributed by atoms with E-state index < -0.39 is 0 Å². The van der Waals surface area contributed by atoms with E-state index in [2.05, 4.69) is 16.0 Å². The maximum absolute atomic E-state index is 12.0. The molecule has 0 spiro atoms. The van der Waals surface area contributed by atoms with Gasteiger partial charge in [0, 0.05) is 33.1 Å². The number of urea groups is 1. The lowest BCUT2D eigenvalue weighted by molar-refractivity contribution is -0.121. The van der Waals surface area contributed by atoms with Gasteiger partial charge in [-0.1, -0.05) is 30.3 Å². The second-order valence-corrected chi connectivity index (χ2v) is 6.67. The van der Waals surface area contributed by atoms with E-state index >= 15 is 0 Å². The molecule has 0 radical (unpaired) electrons. The average molecular weight is 346 g/mol. The number of carbonyl (C=O) groups is 2. The van der Waals surface area contributed by atoms with Crippen molar-refractivity contribution >= 4 is 11.9 Å². The molecular formula is C19H30N4O2. The third-order valence-corrected chi connectivity index (χ3v) is 4.51. The largest absolute Gasteiger partial charge is 0.356 e. The first-order valence-corrected chi connectivity index (χ1v) is 9.15. The number of nitrogens with one attached hydrogen (secondary N) is 3. The van der Waals surface area contributed by atoms with Crippen LogP contribution >= 0.6 is 0 Å². The van der Waals surface area contributed by atoms with E-state index in [1.165, 1.54) is 12.8 Å². The Morgan fingerprint density at radius 1 is 1.20 bits per heavy atom. The summed E-state index contributed by atoms with van der Waals surface area (Å²) in [5, 5.41) is 9.11. The third kappa shape index (κ3) is 7.56.